The van der Waals surface area contributed by atoms with Crippen molar-refractivity contribution in [3.63, 3.8) is 0 Å². The molecule has 0 atom stereocenters. The zero-order valence-corrected chi connectivity index (χ0v) is 16.6. The predicted octanol–water partition coefficient (Wildman–Crippen LogP) is 5.34. The summed E-state index contributed by atoms with van der Waals surface area (Å²) >= 11 is 6.30. The Labute approximate surface area is 172 Å². The smallest absolute Gasteiger partial charge is 0.268 e. The third kappa shape index (κ3) is 4.07. The van der Waals surface area contributed by atoms with Gasteiger partial charge in [-0.25, -0.2) is 4.98 Å². The molecule has 0 aliphatic rings. The maximum atomic E-state index is 12.8. The largest absolute Gasteiger partial charge is 0.478 e. The zero-order valence-electron chi connectivity index (χ0n) is 15.8. The van der Waals surface area contributed by atoms with E-state index in [4.69, 9.17) is 20.8 Å². The Morgan fingerprint density at radius 3 is 2.66 bits per heavy atom. The molecule has 2 aromatic carbocycles. The lowest BCUT2D eigenvalue weighted by molar-refractivity contribution is -0.128. The van der Waals surface area contributed by atoms with Gasteiger partial charge in [0.05, 0.1) is 10.7 Å². The minimum atomic E-state index is -1.11. The number of halogens is 1. The summed E-state index contributed by atoms with van der Waals surface area (Å²) in [6.07, 6.45) is 1.65. The van der Waals surface area contributed by atoms with Crippen molar-refractivity contribution in [3.05, 3.63) is 71.9 Å². The SMILES string of the molecule is CC(C)(Oc1ccccc1)C(=O)Nc1cc(-c2nc3ncccc3o2)ccc1Cl. The summed E-state index contributed by atoms with van der Waals surface area (Å²) < 4.78 is 11.6. The lowest BCUT2D eigenvalue weighted by Crippen LogP contribution is -2.42. The van der Waals surface area contributed by atoms with Crippen LogP contribution in [0.4, 0.5) is 5.69 Å². The summed E-state index contributed by atoms with van der Waals surface area (Å²) in [6.45, 7) is 3.39. The highest BCUT2D eigenvalue weighted by molar-refractivity contribution is 6.34. The van der Waals surface area contributed by atoms with Crippen LogP contribution in [0, 0.1) is 0 Å². The molecule has 0 saturated carbocycles. The minimum absolute atomic E-state index is 0.334. The molecular weight excluding hydrogens is 390 g/mol. The molecule has 0 aliphatic carbocycles. The van der Waals surface area contributed by atoms with E-state index >= 15 is 0 Å². The van der Waals surface area contributed by atoms with Gasteiger partial charge in [-0.15, -0.1) is 0 Å². The van der Waals surface area contributed by atoms with E-state index in [1.165, 1.54) is 0 Å². The molecule has 0 bridgehead atoms. The van der Waals surface area contributed by atoms with E-state index in [1.54, 1.807) is 62.5 Å². The first-order valence-corrected chi connectivity index (χ1v) is 9.37. The highest BCUT2D eigenvalue weighted by Gasteiger charge is 2.30. The van der Waals surface area contributed by atoms with Gasteiger partial charge in [-0.3, -0.25) is 4.79 Å². The van der Waals surface area contributed by atoms with Crippen LogP contribution in [0.25, 0.3) is 22.7 Å². The number of ether oxygens (including phenoxy) is 1. The molecule has 2 aromatic heterocycles. The fourth-order valence-corrected chi connectivity index (χ4v) is 2.91. The average molecular weight is 408 g/mol. The monoisotopic (exact) mass is 407 g/mol. The molecule has 0 aliphatic heterocycles. The average Bonchev–Trinajstić information content (AvgIpc) is 3.14. The summed E-state index contributed by atoms with van der Waals surface area (Å²) in [7, 11) is 0. The molecule has 146 valence electrons. The molecule has 4 aromatic rings. The summed E-state index contributed by atoms with van der Waals surface area (Å²) in [5.74, 6) is 0.664. The third-order valence-electron chi connectivity index (χ3n) is 4.29. The number of amides is 1. The van der Waals surface area contributed by atoms with Crippen LogP contribution in [-0.4, -0.2) is 21.5 Å². The second-order valence-electron chi connectivity index (χ2n) is 6.92. The number of nitrogens with one attached hydrogen (secondary N) is 1. The first kappa shape index (κ1) is 19.0. The van der Waals surface area contributed by atoms with Crippen molar-refractivity contribution in [1.82, 2.24) is 9.97 Å². The third-order valence-corrected chi connectivity index (χ3v) is 4.62. The number of aromatic nitrogens is 2. The molecule has 0 radical (unpaired) electrons. The Bertz CT molecular complexity index is 1140. The maximum Gasteiger partial charge on any atom is 0.268 e. The summed E-state index contributed by atoms with van der Waals surface area (Å²) in [4.78, 5) is 21.4. The molecule has 0 spiro atoms. The molecule has 1 amide bonds. The van der Waals surface area contributed by atoms with Crippen molar-refractivity contribution in [1.29, 1.82) is 0 Å². The lowest BCUT2D eigenvalue weighted by atomic mass is 10.1. The van der Waals surface area contributed by atoms with Gasteiger partial charge in [0, 0.05) is 11.8 Å². The molecule has 1 N–H and O–H groups in total. The van der Waals surface area contributed by atoms with Crippen LogP contribution < -0.4 is 10.1 Å². The van der Waals surface area contributed by atoms with E-state index in [0.29, 0.717) is 39.1 Å². The molecule has 0 fully saturated rings. The van der Waals surface area contributed by atoms with E-state index in [9.17, 15) is 4.79 Å². The van der Waals surface area contributed by atoms with Gasteiger partial charge in [-0.1, -0.05) is 29.8 Å². The Kier molecular flexibility index (Phi) is 4.94. The molecule has 2 heterocycles. The van der Waals surface area contributed by atoms with Gasteiger partial charge in [0.15, 0.2) is 16.8 Å². The van der Waals surface area contributed by atoms with Crippen molar-refractivity contribution in [2.75, 3.05) is 5.32 Å². The fourth-order valence-electron chi connectivity index (χ4n) is 2.75. The zero-order chi connectivity index (χ0) is 20.4. The molecular formula is C22H18ClN3O3. The van der Waals surface area contributed by atoms with Crippen LogP contribution >= 0.6 is 11.6 Å². The van der Waals surface area contributed by atoms with Gasteiger partial charge in [-0.05, 0) is 56.3 Å². The quantitative estimate of drug-likeness (QED) is 0.483. The topological polar surface area (TPSA) is 77.2 Å². The maximum absolute atomic E-state index is 12.8. The van der Waals surface area contributed by atoms with E-state index < -0.39 is 5.60 Å². The summed E-state index contributed by atoms with van der Waals surface area (Å²) in [5.41, 5.74) is 1.10. The normalized spacial score (nSPS) is 11.4. The second kappa shape index (κ2) is 7.56. The molecule has 4 rings (SSSR count). The molecule has 7 heteroatoms. The Morgan fingerprint density at radius 1 is 1.10 bits per heavy atom. The van der Waals surface area contributed by atoms with E-state index in [2.05, 4.69) is 15.3 Å². The predicted molar refractivity (Wildman–Crippen MR) is 112 cm³/mol. The number of hydrogen-bond acceptors (Lipinski definition) is 5. The summed E-state index contributed by atoms with van der Waals surface area (Å²) in [5, 5.41) is 3.23. The number of hydrogen-bond donors (Lipinski definition) is 1. The highest BCUT2D eigenvalue weighted by Crippen LogP contribution is 2.31. The van der Waals surface area contributed by atoms with Crippen LogP contribution in [0.3, 0.4) is 0 Å². The van der Waals surface area contributed by atoms with E-state index in [-0.39, 0.29) is 5.91 Å². The number of carbonyl (C=O) groups excluding carboxylic acids is 1. The van der Waals surface area contributed by atoms with Gasteiger partial charge in [0.1, 0.15) is 5.75 Å². The van der Waals surface area contributed by atoms with E-state index in [1.807, 2.05) is 18.2 Å². The molecule has 0 unspecified atom stereocenters. The highest BCUT2D eigenvalue weighted by atomic mass is 35.5. The van der Waals surface area contributed by atoms with Crippen molar-refractivity contribution >= 4 is 34.4 Å². The Morgan fingerprint density at radius 2 is 1.90 bits per heavy atom. The number of fused-ring (bicyclic) bond motifs is 1. The standard InChI is InChI=1S/C22H18ClN3O3/c1-22(2,29-15-7-4-3-5-8-15)21(27)25-17-13-14(10-11-16(17)23)20-26-19-18(28-20)9-6-12-24-19/h3-13H,1-2H3,(H,25,27). The number of pyridine rings is 1. The van der Waals surface area contributed by atoms with Crippen LogP contribution in [0.5, 0.6) is 5.75 Å². The first-order valence-electron chi connectivity index (χ1n) is 8.99. The number of anilines is 1. The molecule has 0 saturated heterocycles. The minimum Gasteiger partial charge on any atom is -0.478 e. The van der Waals surface area contributed by atoms with Crippen LogP contribution in [0.2, 0.25) is 5.02 Å². The molecule has 6 nitrogen and oxygen atoms in total. The van der Waals surface area contributed by atoms with Crippen molar-refractivity contribution in [2.24, 2.45) is 0 Å². The van der Waals surface area contributed by atoms with Crippen LogP contribution in [-0.2, 0) is 4.79 Å². The number of benzene rings is 2. The van der Waals surface area contributed by atoms with Crippen molar-refractivity contribution < 1.29 is 13.9 Å². The van der Waals surface area contributed by atoms with Crippen LogP contribution in [0.15, 0.2) is 71.3 Å². The fraction of sp³-hybridized carbons (Fsp3) is 0.136. The van der Waals surface area contributed by atoms with Crippen molar-refractivity contribution in [3.8, 4) is 17.2 Å². The van der Waals surface area contributed by atoms with Crippen LogP contribution in [0.1, 0.15) is 13.8 Å². The van der Waals surface area contributed by atoms with Gasteiger partial charge in [0.25, 0.3) is 5.91 Å². The van der Waals surface area contributed by atoms with Crippen molar-refractivity contribution in [2.45, 2.75) is 19.4 Å². The van der Waals surface area contributed by atoms with Gasteiger partial charge >= 0.3 is 0 Å². The second-order valence-corrected chi connectivity index (χ2v) is 7.33. The number of para-hydroxylation sites is 1. The number of oxazole rings is 1. The number of carbonyl (C=O) groups is 1. The number of nitrogens with zero attached hydrogens (tertiary/aromatic N) is 2. The van der Waals surface area contributed by atoms with Gasteiger partial charge in [0.2, 0.25) is 5.89 Å². The van der Waals surface area contributed by atoms with Gasteiger partial charge < -0.3 is 14.5 Å². The van der Waals surface area contributed by atoms with E-state index in [0.717, 1.165) is 0 Å². The van der Waals surface area contributed by atoms with Gasteiger partial charge in [-0.2, -0.15) is 4.98 Å². The lowest BCUT2D eigenvalue weighted by Gasteiger charge is -2.25. The summed E-state index contributed by atoms with van der Waals surface area (Å²) in [6, 6.07) is 17.9. The number of rotatable bonds is 5. The Balaban J connectivity index is 1.58. The first-order chi connectivity index (χ1) is 13.9. The molecule has 29 heavy (non-hydrogen) atoms. The Hall–Kier alpha value is -3.38.